The van der Waals surface area contributed by atoms with Crippen molar-refractivity contribution in [2.24, 2.45) is 0 Å². The van der Waals surface area contributed by atoms with Gasteiger partial charge >= 0.3 is 0 Å². The van der Waals surface area contributed by atoms with Crippen molar-refractivity contribution in [2.75, 3.05) is 0 Å². The second-order valence-corrected chi connectivity index (χ2v) is 0. The second kappa shape index (κ2) is 18.8. The molecule has 0 unspecified atom stereocenters. The van der Waals surface area contributed by atoms with Gasteiger partial charge in [-0.3, -0.25) is 0 Å². The molecule has 0 N–H and O–H groups in total. The summed E-state index contributed by atoms with van der Waals surface area (Å²) in [6.07, 6.45) is 0. The molecular weight excluding hydrogens is 346 g/mol. The molecule has 0 aliphatic rings. The molecule has 0 spiro atoms. The third kappa shape index (κ3) is 8.87. The molecule has 0 saturated heterocycles. The molecule has 0 aliphatic heterocycles. The first-order chi connectivity index (χ1) is 0. The monoisotopic (exact) mass is 348 g/mol. The van der Waals surface area contributed by atoms with Gasteiger partial charge in [-0.2, -0.15) is 0 Å². The summed E-state index contributed by atoms with van der Waals surface area (Å²) in [5, 5.41) is 0. The third-order valence-electron chi connectivity index (χ3n) is 0. The van der Waals surface area contributed by atoms with Crippen LogP contribution in [0.5, 0.6) is 0 Å². The van der Waals surface area contributed by atoms with Crippen molar-refractivity contribution in [1.82, 2.24) is 0 Å². The molecule has 4 heteroatoms. The Bertz CT molecular complexity index is 3.25. The van der Waals surface area contributed by atoms with Gasteiger partial charge < -0.3 is 0 Å². The van der Waals surface area contributed by atoms with Gasteiger partial charge in [-0.15, -0.1) is 0 Å². The molecule has 4 heavy (non-hydrogen) atoms. The minimum Gasteiger partial charge on any atom is 0 e. The second-order valence-electron chi connectivity index (χ2n) is 0. The van der Waals surface area contributed by atoms with Gasteiger partial charge in [0.2, 0.25) is 0 Å². The Balaban J connectivity index is 0. The Morgan fingerprint density at radius 2 is 0.500 bits per heavy atom. The summed E-state index contributed by atoms with van der Waals surface area (Å²) < 4.78 is 0. The van der Waals surface area contributed by atoms with E-state index < -0.39 is 0 Å². The van der Waals surface area contributed by atoms with E-state index in [9.17, 15) is 0 Å². The van der Waals surface area contributed by atoms with E-state index in [4.69, 9.17) is 0 Å². The summed E-state index contributed by atoms with van der Waals surface area (Å²) >= 11 is 0. The summed E-state index contributed by atoms with van der Waals surface area (Å²) in [6, 6.07) is 0. The SMILES string of the molecule is [Cr].[Cr].[Cr].[Os]. The Labute approximate surface area is 71.2 Å². The van der Waals surface area contributed by atoms with Crippen molar-refractivity contribution >= 4 is 0 Å². The predicted molar refractivity (Wildman–Crippen MR) is 0 cm³/mol. The van der Waals surface area contributed by atoms with Crippen LogP contribution in [0.2, 0.25) is 0 Å². The van der Waals surface area contributed by atoms with E-state index >= 15 is 0 Å². The first-order valence-corrected chi connectivity index (χ1v) is 0. The Morgan fingerprint density at radius 3 is 0.500 bits per heavy atom. The van der Waals surface area contributed by atoms with Gasteiger partial charge in [0.25, 0.3) is 0 Å². The fourth-order valence-electron chi connectivity index (χ4n) is 0. The Morgan fingerprint density at radius 1 is 0.500 bits per heavy atom. The molecular formula is Cr3Os. The zero-order valence-corrected chi connectivity index (χ0v) is 7.94. The number of rotatable bonds is 0. The summed E-state index contributed by atoms with van der Waals surface area (Å²) in [7, 11) is 0. The van der Waals surface area contributed by atoms with Gasteiger partial charge in [-0.25, -0.2) is 0 Å². The largest absolute Gasteiger partial charge is 0 e. The van der Waals surface area contributed by atoms with Gasteiger partial charge in [0.05, 0.1) is 0 Å². The van der Waals surface area contributed by atoms with E-state index in [0.717, 1.165) is 0 Å². The van der Waals surface area contributed by atoms with Crippen molar-refractivity contribution in [3.05, 3.63) is 0 Å². The normalized spacial score (nSPS) is 0. The zero-order chi connectivity index (χ0) is 0. The summed E-state index contributed by atoms with van der Waals surface area (Å²) in [5.74, 6) is 0. The predicted octanol–water partition coefficient (Wildman–Crippen LogP) is -0.0100. The summed E-state index contributed by atoms with van der Waals surface area (Å²) in [5.41, 5.74) is 0. The average Bonchev–Trinajstić information content (AvgIpc) is 0. The molecule has 0 aromatic heterocycles. The smallest absolute Gasteiger partial charge is 0 e. The maximum atomic E-state index is 0. The van der Waals surface area contributed by atoms with Crippen LogP contribution in [-0.2, 0) is 71.9 Å². The fourth-order valence-corrected chi connectivity index (χ4v) is 0. The van der Waals surface area contributed by atoms with Gasteiger partial charge in [0.1, 0.15) is 0 Å². The van der Waals surface area contributed by atoms with Crippen molar-refractivity contribution in [3.63, 3.8) is 0 Å². The fraction of sp³-hybridized carbons (Fsp3) is 0. The molecule has 0 heterocycles. The number of hydrogen-bond acceptors (Lipinski definition) is 0. The van der Waals surface area contributed by atoms with E-state index in [1.54, 1.807) is 0 Å². The molecule has 0 radical (unpaired) electrons. The summed E-state index contributed by atoms with van der Waals surface area (Å²) in [6.45, 7) is 0. The van der Waals surface area contributed by atoms with E-state index in [-0.39, 0.29) is 71.9 Å². The van der Waals surface area contributed by atoms with Crippen LogP contribution in [0.25, 0.3) is 0 Å². The van der Waals surface area contributed by atoms with Crippen molar-refractivity contribution in [3.8, 4) is 0 Å². The van der Waals surface area contributed by atoms with Crippen LogP contribution < -0.4 is 0 Å². The van der Waals surface area contributed by atoms with Crippen LogP contribution >= 0.6 is 0 Å². The summed E-state index contributed by atoms with van der Waals surface area (Å²) in [4.78, 5) is 0. The molecule has 0 aliphatic carbocycles. The molecule has 0 fully saturated rings. The third-order valence-corrected chi connectivity index (χ3v) is 0. The van der Waals surface area contributed by atoms with Crippen LogP contribution in [-0.4, -0.2) is 0 Å². The Hall–Kier alpha value is 2.23. The van der Waals surface area contributed by atoms with Crippen molar-refractivity contribution < 1.29 is 71.9 Å². The van der Waals surface area contributed by atoms with Gasteiger partial charge in [0.15, 0.2) is 0 Å². The molecule has 0 aromatic rings. The average molecular weight is 346 g/mol. The van der Waals surface area contributed by atoms with Gasteiger partial charge in [-0.05, 0) is 0 Å². The first kappa shape index (κ1) is 34.2. The maximum absolute atomic E-state index is 0. The quantitative estimate of drug-likeness (QED) is 0.579. The standard InChI is InChI=1S/3Cr.Os. The van der Waals surface area contributed by atoms with Crippen LogP contribution in [0.4, 0.5) is 0 Å². The maximum Gasteiger partial charge on any atom is 0 e. The zero-order valence-electron chi connectivity index (χ0n) is 1.58. The van der Waals surface area contributed by atoms with Crippen LogP contribution in [0.1, 0.15) is 0 Å². The van der Waals surface area contributed by atoms with Crippen molar-refractivity contribution in [1.29, 1.82) is 0 Å². The molecule has 0 bridgehead atoms. The molecule has 0 aromatic carbocycles. The topological polar surface area (TPSA) is 0 Å². The number of hydrogen-bond donors (Lipinski definition) is 0. The molecule has 26 valence electrons. The molecule has 0 atom stereocenters. The van der Waals surface area contributed by atoms with Gasteiger partial charge in [0, 0.05) is 71.9 Å². The molecule has 0 saturated carbocycles. The van der Waals surface area contributed by atoms with Crippen LogP contribution in [0.3, 0.4) is 0 Å². The van der Waals surface area contributed by atoms with E-state index in [1.807, 2.05) is 0 Å². The molecule has 0 rings (SSSR count). The van der Waals surface area contributed by atoms with Crippen molar-refractivity contribution in [2.45, 2.75) is 0 Å². The van der Waals surface area contributed by atoms with Gasteiger partial charge in [-0.1, -0.05) is 0 Å². The van der Waals surface area contributed by atoms with Crippen LogP contribution in [0, 0.1) is 0 Å². The molecule has 0 nitrogen and oxygen atoms in total. The van der Waals surface area contributed by atoms with E-state index in [0.29, 0.717) is 0 Å². The first-order valence-electron chi connectivity index (χ1n) is 0. The van der Waals surface area contributed by atoms with E-state index in [2.05, 4.69) is 0 Å². The molecule has 0 amide bonds. The minimum atomic E-state index is 0. The van der Waals surface area contributed by atoms with Crippen LogP contribution in [0.15, 0.2) is 0 Å². The van der Waals surface area contributed by atoms with E-state index in [1.165, 1.54) is 0 Å². The Kier molecular flexibility index (Phi) is 161. The minimum absolute atomic E-state index is 0.